The molecule has 1 aliphatic carbocycles. The summed E-state index contributed by atoms with van der Waals surface area (Å²) in [6.45, 7) is 6.49. The van der Waals surface area contributed by atoms with Crippen LogP contribution in [0.5, 0.6) is 5.88 Å². The monoisotopic (exact) mass is 519 g/mol. The van der Waals surface area contributed by atoms with Gasteiger partial charge < -0.3 is 17.6 Å². The first-order chi connectivity index (χ1) is 17.3. The Kier molecular flexibility index (Phi) is 7.22. The van der Waals surface area contributed by atoms with Crippen LogP contribution in [-0.2, 0) is 15.6 Å². The molecule has 0 saturated heterocycles. The lowest BCUT2D eigenvalue weighted by atomic mass is 9.75. The van der Waals surface area contributed by atoms with Crippen molar-refractivity contribution in [3.63, 3.8) is 0 Å². The van der Waals surface area contributed by atoms with Gasteiger partial charge >= 0.3 is 15.9 Å². The number of hydrogen-bond acceptors (Lipinski definition) is 5. The van der Waals surface area contributed by atoms with Gasteiger partial charge in [0.05, 0.1) is 11.4 Å². The second kappa shape index (κ2) is 10.2. The summed E-state index contributed by atoms with van der Waals surface area (Å²) < 4.78 is 14.1. The Hall–Kier alpha value is -2.27. The van der Waals surface area contributed by atoms with E-state index in [1.165, 1.54) is 5.56 Å². The number of allylic oxidation sites excluding steroid dienone is 1. The second-order valence-corrected chi connectivity index (χ2v) is 11.2. The van der Waals surface area contributed by atoms with E-state index in [1.807, 2.05) is 59.3 Å². The highest BCUT2D eigenvalue weighted by Gasteiger charge is 2.42. The van der Waals surface area contributed by atoms with Gasteiger partial charge in [0.15, 0.2) is 5.88 Å². The Balaban J connectivity index is 1.29. The van der Waals surface area contributed by atoms with Crippen LogP contribution in [0, 0.1) is 5.92 Å². The lowest BCUT2D eigenvalue weighted by Crippen LogP contribution is -2.54. The van der Waals surface area contributed by atoms with Crippen LogP contribution in [0.3, 0.4) is 0 Å². The van der Waals surface area contributed by atoms with Crippen LogP contribution in [0.15, 0.2) is 66.4 Å². The largest absolute Gasteiger partial charge is 0.851 e. The molecule has 1 fully saturated rings. The van der Waals surface area contributed by atoms with Crippen LogP contribution in [-0.4, -0.2) is 44.9 Å². The van der Waals surface area contributed by atoms with Crippen LogP contribution < -0.4 is 13.8 Å². The van der Waals surface area contributed by atoms with Crippen LogP contribution in [0.1, 0.15) is 44.9 Å². The minimum Gasteiger partial charge on any atom is -0.851 e. The zero-order valence-corrected chi connectivity index (χ0v) is 23.1. The summed E-state index contributed by atoms with van der Waals surface area (Å²) in [6, 6.07) is 17.9. The fraction of sp³-hybridized carbons (Fsp3) is 0.393. The number of aryl methyl sites for hydroxylation is 1. The highest BCUT2D eigenvalue weighted by Crippen LogP contribution is 2.49. The fourth-order valence-electron chi connectivity index (χ4n) is 5.21. The number of likely N-dealkylation sites (N-methyl/N-ethyl adjacent to an activating group) is 1. The summed E-state index contributed by atoms with van der Waals surface area (Å²) in [5.74, 6) is 0.480. The Morgan fingerprint density at radius 3 is 2.69 bits per heavy atom. The summed E-state index contributed by atoms with van der Waals surface area (Å²) in [4.78, 5) is 2.17. The first kappa shape index (κ1) is 25.4. The van der Waals surface area contributed by atoms with Gasteiger partial charge in [0.2, 0.25) is 0 Å². The van der Waals surface area contributed by atoms with Gasteiger partial charge in [-0.1, -0.05) is 63.1 Å². The average Bonchev–Trinajstić information content (AvgIpc) is 3.34. The number of hydrogen-bond donors (Lipinski definition) is 0. The molecular weight excluding hydrogens is 489 g/mol. The van der Waals surface area contributed by atoms with E-state index in [0.29, 0.717) is 12.3 Å². The van der Waals surface area contributed by atoms with Gasteiger partial charge in [0.1, 0.15) is 0 Å². The molecule has 6 nitrogen and oxygen atoms in total. The van der Waals surface area contributed by atoms with E-state index in [4.69, 9.17) is 24.3 Å². The third-order valence-electron chi connectivity index (χ3n) is 7.30. The molecule has 0 bridgehead atoms. The first-order valence-electron chi connectivity index (χ1n) is 12.5. The number of fused-ring (bicyclic) bond motifs is 1. The summed E-state index contributed by atoms with van der Waals surface area (Å²) in [5, 5.41) is 18.1. The minimum atomic E-state index is -0.793. The summed E-state index contributed by atoms with van der Waals surface area (Å²) in [7, 11) is 2.05. The lowest BCUT2D eigenvalue weighted by molar-refractivity contribution is -0.459. The molecule has 0 amide bonds. The zero-order chi connectivity index (χ0) is 25.4. The Bertz CT molecular complexity index is 1260. The van der Waals surface area contributed by atoms with E-state index >= 15 is 0 Å². The number of anilines is 1. The molecule has 2 aliphatic rings. The molecule has 1 saturated carbocycles. The second-order valence-electron chi connectivity index (χ2n) is 10.1. The summed E-state index contributed by atoms with van der Waals surface area (Å²) in [6.07, 6.45) is 3.69. The highest BCUT2D eigenvalue weighted by atomic mass is 35.5. The van der Waals surface area contributed by atoms with Crippen molar-refractivity contribution in [1.82, 2.24) is 9.78 Å². The fourth-order valence-corrected chi connectivity index (χ4v) is 6.14. The molecule has 2 heterocycles. The molecule has 0 N–H and O–H groups in total. The van der Waals surface area contributed by atoms with Crippen LogP contribution in [0.25, 0.3) is 5.69 Å². The summed E-state index contributed by atoms with van der Waals surface area (Å²) >= 11 is 5.50. The molecule has 2 aromatic carbocycles. The van der Waals surface area contributed by atoms with E-state index in [1.54, 1.807) is 0 Å². The quantitative estimate of drug-likeness (QED) is 0.399. The molecule has 5 rings (SSSR count). The van der Waals surface area contributed by atoms with E-state index in [0.717, 1.165) is 40.6 Å². The molecular formula is C28H31AlClN3O3-. The molecule has 3 unspecified atom stereocenters. The van der Waals surface area contributed by atoms with Crippen molar-refractivity contribution in [2.75, 3.05) is 11.9 Å². The predicted molar refractivity (Wildman–Crippen MR) is 142 cm³/mol. The molecule has 0 spiro atoms. The van der Waals surface area contributed by atoms with E-state index in [9.17, 15) is 5.11 Å². The van der Waals surface area contributed by atoms with E-state index in [2.05, 4.69) is 38.8 Å². The number of halogens is 1. The molecule has 187 valence electrons. The van der Waals surface area contributed by atoms with Gasteiger partial charge in [-0.15, -0.1) is 6.10 Å². The number of benzene rings is 2. The molecule has 1 aliphatic heterocycles. The van der Waals surface area contributed by atoms with Crippen molar-refractivity contribution < 1.29 is 12.7 Å². The zero-order valence-electron chi connectivity index (χ0n) is 21.1. The smallest absolute Gasteiger partial charge is 0.775 e. The highest BCUT2D eigenvalue weighted by molar-refractivity contribution is 6.30. The van der Waals surface area contributed by atoms with E-state index in [-0.39, 0.29) is 17.4 Å². The Morgan fingerprint density at radius 1 is 1.19 bits per heavy atom. The first-order valence-corrected chi connectivity index (χ1v) is 13.8. The van der Waals surface area contributed by atoms with Crippen molar-refractivity contribution in [2.24, 2.45) is 5.92 Å². The van der Waals surface area contributed by atoms with Gasteiger partial charge in [-0.05, 0) is 54.7 Å². The molecule has 1 aromatic heterocycles. The van der Waals surface area contributed by atoms with Gasteiger partial charge in [0.25, 0.3) is 0 Å². The SMILES string of the molecule is CCCc1cc([O][Al][O]C2CC([O-])C2C=C2N(C)c3ccc(Cl)cc3C2(C)C)n(-c2ccccc2)n1. The summed E-state index contributed by atoms with van der Waals surface area (Å²) in [5.41, 5.74) is 5.12. The van der Waals surface area contributed by atoms with Crippen molar-refractivity contribution >= 4 is 33.2 Å². The number of rotatable bonds is 8. The van der Waals surface area contributed by atoms with Gasteiger partial charge in [-0.3, -0.25) is 0 Å². The minimum absolute atomic E-state index is 0.144. The standard InChI is InChI=1S/C16H18ClNO2.C12H14N2O.Al/c1-16(2)11-6-9(17)4-5-12(11)18(3)15(16)7-10-13(19)8-14(10)20;1-2-6-10-9-12(15)14(13-10)11-7-4-3-5-8-11;/h4-7,10,13-14H,8H2,1-3H3;3-5,7-9,15H,2,6H2,1H3;/q-2;;+2/p-1. The average molecular weight is 520 g/mol. The van der Waals surface area contributed by atoms with Crippen molar-refractivity contribution in [3.8, 4) is 11.6 Å². The number of aromatic nitrogens is 2. The molecule has 36 heavy (non-hydrogen) atoms. The normalized spacial score (nSPS) is 23.4. The predicted octanol–water partition coefficient (Wildman–Crippen LogP) is 4.84. The maximum atomic E-state index is 12.7. The topological polar surface area (TPSA) is 62.6 Å². The van der Waals surface area contributed by atoms with Crippen LogP contribution in [0.2, 0.25) is 5.02 Å². The lowest BCUT2D eigenvalue weighted by Gasteiger charge is -2.49. The van der Waals surface area contributed by atoms with Crippen LogP contribution >= 0.6 is 11.6 Å². The third kappa shape index (κ3) is 4.71. The maximum absolute atomic E-state index is 12.7. The van der Waals surface area contributed by atoms with Crippen molar-refractivity contribution in [1.29, 1.82) is 0 Å². The van der Waals surface area contributed by atoms with Crippen LogP contribution in [0.4, 0.5) is 5.69 Å². The van der Waals surface area contributed by atoms with Crippen molar-refractivity contribution in [3.05, 3.63) is 82.7 Å². The van der Waals surface area contributed by atoms with Gasteiger partial charge in [-0.25, -0.2) is 4.68 Å². The number of para-hydroxylation sites is 1. The maximum Gasteiger partial charge on any atom is 0.775 e. The third-order valence-corrected chi connectivity index (χ3v) is 8.34. The molecule has 3 atom stereocenters. The molecule has 1 radical (unpaired) electrons. The van der Waals surface area contributed by atoms with Gasteiger partial charge in [0, 0.05) is 41.0 Å². The van der Waals surface area contributed by atoms with Crippen molar-refractivity contribution in [2.45, 2.75) is 57.7 Å². The van der Waals surface area contributed by atoms with Gasteiger partial charge in [-0.2, -0.15) is 5.10 Å². The molecule has 3 aromatic rings. The molecule has 8 heteroatoms. The Morgan fingerprint density at radius 2 is 1.97 bits per heavy atom. The number of nitrogens with zero attached hydrogens (tertiary/aromatic N) is 3. The Labute approximate surface area is 224 Å². The van der Waals surface area contributed by atoms with E-state index < -0.39 is 22.0 Å².